The van der Waals surface area contributed by atoms with Gasteiger partial charge < -0.3 is 31.9 Å². The molecule has 0 aromatic heterocycles. The number of thiol groups is 1. The Hall–Kier alpha value is -1.85. The monoisotopic (exact) mass is 364 g/mol. The molecule has 0 heterocycles. The van der Waals surface area contributed by atoms with Crippen molar-refractivity contribution in [3.63, 3.8) is 0 Å². The fourth-order valence-electron chi connectivity index (χ4n) is 1.68. The molecule has 3 amide bonds. The minimum absolute atomic E-state index is 0.106. The van der Waals surface area contributed by atoms with Crippen molar-refractivity contribution >= 4 is 36.3 Å². The van der Waals surface area contributed by atoms with Gasteiger partial charge in [-0.1, -0.05) is 13.8 Å². The van der Waals surface area contributed by atoms with Gasteiger partial charge in [0.25, 0.3) is 0 Å². The van der Waals surface area contributed by atoms with Crippen LogP contribution in [0.3, 0.4) is 0 Å². The summed E-state index contributed by atoms with van der Waals surface area (Å²) < 4.78 is 0. The second-order valence-corrected chi connectivity index (χ2v) is 5.68. The Labute approximate surface area is 144 Å². The lowest BCUT2D eigenvalue weighted by molar-refractivity contribution is -0.143. The second kappa shape index (κ2) is 10.8. The normalized spacial score (nSPS) is 14.4. The lowest BCUT2D eigenvalue weighted by atomic mass is 10.0. The topological polar surface area (TPSA) is 171 Å². The Morgan fingerprint density at radius 1 is 1.04 bits per heavy atom. The lowest BCUT2D eigenvalue weighted by Gasteiger charge is -2.25. The summed E-state index contributed by atoms with van der Waals surface area (Å²) in [4.78, 5) is 46.4. The van der Waals surface area contributed by atoms with Gasteiger partial charge in [0.1, 0.15) is 18.1 Å². The van der Waals surface area contributed by atoms with Gasteiger partial charge >= 0.3 is 5.97 Å². The molecule has 0 fully saturated rings. The van der Waals surface area contributed by atoms with Crippen molar-refractivity contribution in [1.82, 2.24) is 16.0 Å². The molecule has 0 bridgehead atoms. The quantitative estimate of drug-likeness (QED) is 0.203. The van der Waals surface area contributed by atoms with Crippen molar-refractivity contribution in [2.45, 2.75) is 32.0 Å². The third kappa shape index (κ3) is 7.15. The Kier molecular flexibility index (Phi) is 10.0. The van der Waals surface area contributed by atoms with E-state index in [9.17, 15) is 19.2 Å². The van der Waals surface area contributed by atoms with Crippen LogP contribution < -0.4 is 21.7 Å². The van der Waals surface area contributed by atoms with Gasteiger partial charge in [0.15, 0.2) is 0 Å². The average molecular weight is 364 g/mol. The van der Waals surface area contributed by atoms with Crippen molar-refractivity contribution in [3.8, 4) is 0 Å². The van der Waals surface area contributed by atoms with Crippen molar-refractivity contribution in [2.75, 3.05) is 18.9 Å². The molecule has 0 saturated carbocycles. The van der Waals surface area contributed by atoms with Gasteiger partial charge in [-0.2, -0.15) is 12.6 Å². The van der Waals surface area contributed by atoms with Gasteiger partial charge in [0.05, 0.1) is 13.2 Å². The van der Waals surface area contributed by atoms with Crippen LogP contribution >= 0.6 is 12.6 Å². The smallest absolute Gasteiger partial charge is 0.328 e. The first-order valence-electron chi connectivity index (χ1n) is 7.22. The second-order valence-electron chi connectivity index (χ2n) is 5.32. The molecule has 0 saturated heterocycles. The summed E-state index contributed by atoms with van der Waals surface area (Å²) in [7, 11) is 0. The number of hydrogen-bond donors (Lipinski definition) is 7. The van der Waals surface area contributed by atoms with Crippen molar-refractivity contribution < 1.29 is 29.4 Å². The van der Waals surface area contributed by atoms with Gasteiger partial charge in [0, 0.05) is 5.75 Å². The molecule has 0 aliphatic rings. The highest BCUT2D eigenvalue weighted by atomic mass is 32.1. The largest absolute Gasteiger partial charge is 0.480 e. The molecular weight excluding hydrogens is 340 g/mol. The molecule has 138 valence electrons. The molecule has 0 rings (SSSR count). The highest BCUT2D eigenvalue weighted by molar-refractivity contribution is 7.80. The molecular formula is C13H24N4O6S. The third-order valence-corrected chi connectivity index (χ3v) is 3.43. The number of carboxylic acid groups (broad SMARTS) is 1. The zero-order valence-corrected chi connectivity index (χ0v) is 14.4. The maximum atomic E-state index is 12.3. The molecule has 24 heavy (non-hydrogen) atoms. The maximum Gasteiger partial charge on any atom is 0.328 e. The van der Waals surface area contributed by atoms with Crippen LogP contribution in [0.5, 0.6) is 0 Å². The zero-order valence-electron chi connectivity index (χ0n) is 13.5. The van der Waals surface area contributed by atoms with Crippen LogP contribution in [0.4, 0.5) is 0 Å². The lowest BCUT2D eigenvalue weighted by Crippen LogP contribution is -2.58. The van der Waals surface area contributed by atoms with Crippen LogP contribution in [0.1, 0.15) is 13.8 Å². The minimum atomic E-state index is -1.49. The van der Waals surface area contributed by atoms with E-state index in [-0.39, 0.29) is 18.2 Å². The summed E-state index contributed by atoms with van der Waals surface area (Å²) in [5.41, 5.74) is 5.20. The number of nitrogens with one attached hydrogen (secondary N) is 3. The van der Waals surface area contributed by atoms with Crippen LogP contribution in [0.15, 0.2) is 0 Å². The van der Waals surface area contributed by atoms with Crippen molar-refractivity contribution in [2.24, 2.45) is 11.7 Å². The fourth-order valence-corrected chi connectivity index (χ4v) is 1.94. The number of aliphatic hydroxyl groups excluding tert-OH is 1. The predicted octanol–water partition coefficient (Wildman–Crippen LogP) is -2.94. The van der Waals surface area contributed by atoms with E-state index in [1.807, 2.05) is 0 Å². The highest BCUT2D eigenvalue weighted by Gasteiger charge is 2.29. The van der Waals surface area contributed by atoms with E-state index in [4.69, 9.17) is 15.9 Å². The fraction of sp³-hybridized carbons (Fsp3) is 0.692. The number of carboxylic acids is 1. The standard InChI is InChI=1S/C13H24N4O6S/c1-6(2)10(17-9(19)3-14)12(21)16-8(5-24)11(20)15-7(4-18)13(22)23/h6-8,10,18,24H,3-5,14H2,1-2H3,(H,15,20)(H,16,21)(H,17,19)(H,22,23). The summed E-state index contributed by atoms with van der Waals surface area (Å²) in [6, 6.07) is -3.54. The number of hydrogen-bond acceptors (Lipinski definition) is 7. The summed E-state index contributed by atoms with van der Waals surface area (Å²) in [6.45, 7) is 2.31. The highest BCUT2D eigenvalue weighted by Crippen LogP contribution is 2.03. The molecule has 10 nitrogen and oxygen atoms in total. The summed E-state index contributed by atoms with van der Waals surface area (Å²) in [5.74, 6) is -3.75. The van der Waals surface area contributed by atoms with E-state index in [0.29, 0.717) is 0 Å². The summed E-state index contributed by atoms with van der Waals surface area (Å²) in [5, 5.41) is 24.6. The van der Waals surface area contributed by atoms with Crippen LogP contribution in [0.25, 0.3) is 0 Å². The molecule has 0 aliphatic carbocycles. The summed E-state index contributed by atoms with van der Waals surface area (Å²) in [6.07, 6.45) is 0. The number of rotatable bonds is 10. The molecule has 11 heteroatoms. The van der Waals surface area contributed by atoms with Gasteiger partial charge in [0.2, 0.25) is 17.7 Å². The molecule has 7 N–H and O–H groups in total. The van der Waals surface area contributed by atoms with Crippen molar-refractivity contribution in [1.29, 1.82) is 0 Å². The van der Waals surface area contributed by atoms with Gasteiger partial charge in [-0.15, -0.1) is 0 Å². The third-order valence-electron chi connectivity index (χ3n) is 3.06. The molecule has 3 atom stereocenters. The average Bonchev–Trinajstić information content (AvgIpc) is 2.53. The SMILES string of the molecule is CC(C)C(NC(=O)CN)C(=O)NC(CS)C(=O)NC(CO)C(=O)O. The van der Waals surface area contributed by atoms with Gasteiger partial charge in [-0.05, 0) is 5.92 Å². The van der Waals surface area contributed by atoms with E-state index in [1.165, 1.54) is 0 Å². The molecule has 3 unspecified atom stereocenters. The van der Waals surface area contributed by atoms with Crippen LogP contribution in [0, 0.1) is 5.92 Å². The van der Waals surface area contributed by atoms with E-state index in [2.05, 4.69) is 28.6 Å². The molecule has 0 aromatic rings. The van der Waals surface area contributed by atoms with Crippen LogP contribution in [-0.2, 0) is 19.2 Å². The van der Waals surface area contributed by atoms with Crippen LogP contribution in [0.2, 0.25) is 0 Å². The first kappa shape index (κ1) is 22.1. The number of carbonyl (C=O) groups excluding carboxylic acids is 3. The number of aliphatic hydroxyl groups is 1. The van der Waals surface area contributed by atoms with E-state index < -0.39 is 48.4 Å². The van der Waals surface area contributed by atoms with Crippen LogP contribution in [-0.4, -0.2) is 70.9 Å². The zero-order chi connectivity index (χ0) is 18.9. The maximum absolute atomic E-state index is 12.3. The Balaban J connectivity index is 4.94. The number of amides is 3. The predicted molar refractivity (Wildman–Crippen MR) is 88.3 cm³/mol. The van der Waals surface area contributed by atoms with Gasteiger partial charge in [-0.3, -0.25) is 14.4 Å². The summed E-state index contributed by atoms with van der Waals surface area (Å²) >= 11 is 3.95. The Morgan fingerprint density at radius 3 is 1.96 bits per heavy atom. The molecule has 0 aliphatic heterocycles. The minimum Gasteiger partial charge on any atom is -0.480 e. The number of carbonyl (C=O) groups is 4. The molecule has 0 spiro atoms. The Bertz CT molecular complexity index is 473. The first-order valence-corrected chi connectivity index (χ1v) is 7.85. The first-order chi connectivity index (χ1) is 11.2. The Morgan fingerprint density at radius 2 is 1.58 bits per heavy atom. The molecule has 0 aromatic carbocycles. The van der Waals surface area contributed by atoms with E-state index in [1.54, 1.807) is 13.8 Å². The number of aliphatic carboxylic acids is 1. The van der Waals surface area contributed by atoms with Gasteiger partial charge in [-0.25, -0.2) is 4.79 Å². The molecule has 0 radical (unpaired) electrons. The number of nitrogens with two attached hydrogens (primary N) is 1. The van der Waals surface area contributed by atoms with E-state index in [0.717, 1.165) is 0 Å². The van der Waals surface area contributed by atoms with E-state index >= 15 is 0 Å². The van der Waals surface area contributed by atoms with Crippen molar-refractivity contribution in [3.05, 3.63) is 0 Å².